The molecular weight excluding hydrogens is 220 g/mol. The monoisotopic (exact) mass is 242 g/mol. The van der Waals surface area contributed by atoms with Crippen LogP contribution >= 0.6 is 0 Å². The van der Waals surface area contributed by atoms with Crippen molar-refractivity contribution < 1.29 is 14.7 Å². The Labute approximate surface area is 102 Å². The highest BCUT2D eigenvalue weighted by atomic mass is 16.3. The van der Waals surface area contributed by atoms with E-state index in [9.17, 15) is 14.7 Å². The number of likely N-dealkylation sites (N-methyl/N-ethyl adjacent to an activating group) is 1. The highest BCUT2D eigenvalue weighted by molar-refractivity contribution is 6.35. The fourth-order valence-electron chi connectivity index (χ4n) is 2.20. The van der Waals surface area contributed by atoms with Crippen LogP contribution in [0.2, 0.25) is 0 Å². The van der Waals surface area contributed by atoms with Gasteiger partial charge < -0.3 is 15.7 Å². The van der Waals surface area contributed by atoms with Crippen LogP contribution in [0.3, 0.4) is 0 Å². The van der Waals surface area contributed by atoms with Gasteiger partial charge in [0.15, 0.2) is 0 Å². The van der Waals surface area contributed by atoms with Crippen LogP contribution < -0.4 is 10.6 Å². The summed E-state index contributed by atoms with van der Waals surface area (Å²) in [5.74, 6) is -1.04. The Morgan fingerprint density at radius 1 is 1.18 bits per heavy atom. The van der Waals surface area contributed by atoms with E-state index in [0.29, 0.717) is 6.54 Å². The lowest BCUT2D eigenvalue weighted by Crippen LogP contribution is -2.44. The lowest BCUT2D eigenvalue weighted by Gasteiger charge is -2.26. The molecule has 0 bridgehead atoms. The predicted octanol–water partition coefficient (Wildman–Crippen LogP) is 0.180. The molecule has 1 aliphatic rings. The van der Waals surface area contributed by atoms with Gasteiger partial charge in [0.2, 0.25) is 0 Å². The smallest absolute Gasteiger partial charge is 0.309 e. The van der Waals surface area contributed by atoms with Gasteiger partial charge in [0.05, 0.1) is 6.10 Å². The number of rotatable bonds is 4. The third kappa shape index (κ3) is 4.73. The zero-order chi connectivity index (χ0) is 12.7. The predicted molar refractivity (Wildman–Crippen MR) is 64.3 cm³/mol. The van der Waals surface area contributed by atoms with Crippen molar-refractivity contribution in [2.24, 2.45) is 5.92 Å². The highest BCUT2D eigenvalue weighted by Gasteiger charge is 2.22. The molecule has 0 aliphatic heterocycles. The maximum absolute atomic E-state index is 11.3. The SMILES string of the molecule is CCNC(=O)C(=O)NC[C@H](O)C1CCCCC1. The standard InChI is InChI=1S/C12H22N2O3/c1-2-13-11(16)12(17)14-8-10(15)9-6-4-3-5-7-9/h9-10,15H,2-8H2,1H3,(H,13,16)(H,14,17)/t10-/m0/s1. The second-order valence-corrected chi connectivity index (χ2v) is 4.53. The maximum Gasteiger partial charge on any atom is 0.309 e. The van der Waals surface area contributed by atoms with Crippen molar-refractivity contribution in [1.29, 1.82) is 0 Å². The first kappa shape index (κ1) is 14.0. The number of aliphatic hydroxyl groups is 1. The molecule has 0 heterocycles. The average Bonchev–Trinajstić information content (AvgIpc) is 2.36. The summed E-state index contributed by atoms with van der Waals surface area (Å²) in [6.45, 7) is 2.35. The molecule has 1 aliphatic carbocycles. The first-order chi connectivity index (χ1) is 8.15. The molecule has 2 amide bonds. The Bertz CT molecular complexity index is 262. The van der Waals surface area contributed by atoms with Crippen molar-refractivity contribution in [3.63, 3.8) is 0 Å². The molecule has 1 atom stereocenters. The topological polar surface area (TPSA) is 78.4 Å². The minimum absolute atomic E-state index is 0.167. The fraction of sp³-hybridized carbons (Fsp3) is 0.833. The molecule has 0 radical (unpaired) electrons. The largest absolute Gasteiger partial charge is 0.391 e. The summed E-state index contributed by atoms with van der Waals surface area (Å²) in [4.78, 5) is 22.4. The van der Waals surface area contributed by atoms with E-state index in [-0.39, 0.29) is 12.5 Å². The van der Waals surface area contributed by atoms with E-state index in [4.69, 9.17) is 0 Å². The number of hydrogen-bond donors (Lipinski definition) is 3. The number of amides is 2. The van der Waals surface area contributed by atoms with Crippen molar-refractivity contribution in [3.8, 4) is 0 Å². The van der Waals surface area contributed by atoms with Crippen molar-refractivity contribution in [1.82, 2.24) is 10.6 Å². The maximum atomic E-state index is 11.3. The van der Waals surface area contributed by atoms with Crippen LogP contribution in [0.15, 0.2) is 0 Å². The van der Waals surface area contributed by atoms with Gasteiger partial charge in [0.1, 0.15) is 0 Å². The van der Waals surface area contributed by atoms with Crippen LogP contribution in [0.4, 0.5) is 0 Å². The van der Waals surface area contributed by atoms with Crippen molar-refractivity contribution in [2.75, 3.05) is 13.1 Å². The van der Waals surface area contributed by atoms with E-state index in [1.807, 2.05) is 0 Å². The van der Waals surface area contributed by atoms with Gasteiger partial charge in [0, 0.05) is 13.1 Å². The molecule has 1 fully saturated rings. The van der Waals surface area contributed by atoms with Gasteiger partial charge in [-0.15, -0.1) is 0 Å². The summed E-state index contributed by atoms with van der Waals surface area (Å²) in [5.41, 5.74) is 0. The minimum atomic E-state index is -0.665. The number of carbonyl (C=O) groups excluding carboxylic acids is 2. The highest BCUT2D eigenvalue weighted by Crippen LogP contribution is 2.26. The summed E-state index contributed by atoms with van der Waals surface area (Å²) >= 11 is 0. The van der Waals surface area contributed by atoms with Gasteiger partial charge in [-0.25, -0.2) is 0 Å². The Morgan fingerprint density at radius 2 is 1.76 bits per heavy atom. The second kappa shape index (κ2) is 7.27. The molecular formula is C12H22N2O3. The van der Waals surface area contributed by atoms with Gasteiger partial charge >= 0.3 is 11.8 Å². The van der Waals surface area contributed by atoms with Crippen molar-refractivity contribution in [2.45, 2.75) is 45.1 Å². The Kier molecular flexibility index (Phi) is 5.97. The quantitative estimate of drug-likeness (QED) is 0.615. The second-order valence-electron chi connectivity index (χ2n) is 4.53. The first-order valence-corrected chi connectivity index (χ1v) is 6.39. The summed E-state index contributed by atoms with van der Waals surface area (Å²) in [6.07, 6.45) is 5.01. The molecule has 5 nitrogen and oxygen atoms in total. The van der Waals surface area contributed by atoms with E-state index in [1.54, 1.807) is 6.92 Å². The first-order valence-electron chi connectivity index (χ1n) is 6.39. The molecule has 17 heavy (non-hydrogen) atoms. The van der Waals surface area contributed by atoms with Crippen LogP contribution in [-0.2, 0) is 9.59 Å². The summed E-state index contributed by atoms with van der Waals surface area (Å²) < 4.78 is 0. The normalized spacial score (nSPS) is 18.5. The van der Waals surface area contributed by atoms with Crippen LogP contribution in [0.25, 0.3) is 0 Å². The minimum Gasteiger partial charge on any atom is -0.391 e. The van der Waals surface area contributed by atoms with Crippen LogP contribution in [0.1, 0.15) is 39.0 Å². The lowest BCUT2D eigenvalue weighted by atomic mass is 9.85. The zero-order valence-corrected chi connectivity index (χ0v) is 10.4. The molecule has 0 spiro atoms. The molecule has 0 saturated heterocycles. The number of nitrogens with one attached hydrogen (secondary N) is 2. The third-order valence-electron chi connectivity index (χ3n) is 3.21. The molecule has 5 heteroatoms. The molecule has 0 aromatic carbocycles. The van der Waals surface area contributed by atoms with E-state index >= 15 is 0 Å². The van der Waals surface area contributed by atoms with Gasteiger partial charge in [-0.2, -0.15) is 0 Å². The number of carbonyl (C=O) groups is 2. The van der Waals surface area contributed by atoms with Crippen LogP contribution in [0.5, 0.6) is 0 Å². The van der Waals surface area contributed by atoms with Gasteiger partial charge in [-0.3, -0.25) is 9.59 Å². The van der Waals surface area contributed by atoms with E-state index in [1.165, 1.54) is 6.42 Å². The Balaban J connectivity index is 2.24. The lowest BCUT2D eigenvalue weighted by molar-refractivity contribution is -0.139. The molecule has 1 saturated carbocycles. The molecule has 1 rings (SSSR count). The van der Waals surface area contributed by atoms with E-state index in [0.717, 1.165) is 25.7 Å². The molecule has 3 N–H and O–H groups in total. The molecule has 0 aromatic heterocycles. The average molecular weight is 242 g/mol. The van der Waals surface area contributed by atoms with E-state index < -0.39 is 17.9 Å². The summed E-state index contributed by atoms with van der Waals surface area (Å²) in [7, 11) is 0. The van der Waals surface area contributed by atoms with Crippen molar-refractivity contribution >= 4 is 11.8 Å². The van der Waals surface area contributed by atoms with E-state index in [2.05, 4.69) is 10.6 Å². The Morgan fingerprint density at radius 3 is 2.35 bits per heavy atom. The van der Waals surface area contributed by atoms with Gasteiger partial charge in [0.25, 0.3) is 0 Å². The van der Waals surface area contributed by atoms with Crippen molar-refractivity contribution in [3.05, 3.63) is 0 Å². The van der Waals surface area contributed by atoms with Crippen LogP contribution in [0, 0.1) is 5.92 Å². The zero-order valence-electron chi connectivity index (χ0n) is 10.4. The third-order valence-corrected chi connectivity index (χ3v) is 3.21. The van der Waals surface area contributed by atoms with Crippen LogP contribution in [-0.4, -0.2) is 36.1 Å². The number of hydrogen-bond acceptors (Lipinski definition) is 3. The summed E-state index contributed by atoms with van der Waals surface area (Å²) in [5, 5.41) is 14.8. The Hall–Kier alpha value is -1.10. The molecule has 98 valence electrons. The fourth-order valence-corrected chi connectivity index (χ4v) is 2.20. The van der Waals surface area contributed by atoms with Gasteiger partial charge in [-0.05, 0) is 25.7 Å². The van der Waals surface area contributed by atoms with Gasteiger partial charge in [-0.1, -0.05) is 19.3 Å². The molecule has 0 unspecified atom stereocenters. The summed E-state index contributed by atoms with van der Waals surface area (Å²) in [6, 6.07) is 0. The molecule has 0 aromatic rings. The number of aliphatic hydroxyl groups excluding tert-OH is 1.